The van der Waals surface area contributed by atoms with Crippen molar-refractivity contribution in [2.45, 2.75) is 11.8 Å². The van der Waals surface area contributed by atoms with Gasteiger partial charge >= 0.3 is 0 Å². The minimum atomic E-state index is -3.73. The van der Waals surface area contributed by atoms with Gasteiger partial charge in [0.1, 0.15) is 0 Å². The fourth-order valence-corrected chi connectivity index (χ4v) is 3.99. The number of hydrogen-bond acceptors (Lipinski definition) is 3. The van der Waals surface area contributed by atoms with E-state index in [1.807, 2.05) is 12.1 Å². The van der Waals surface area contributed by atoms with E-state index in [9.17, 15) is 13.2 Å². The molecule has 3 rings (SSSR count). The Kier molecular flexibility index (Phi) is 5.62. The Labute approximate surface area is 166 Å². The largest absolute Gasteiger partial charge is 0.322 e. The monoisotopic (exact) mass is 444 g/mol. The molecule has 0 saturated carbocycles. The second kappa shape index (κ2) is 7.94. The lowest BCUT2D eigenvalue weighted by molar-refractivity contribution is 0.102. The van der Waals surface area contributed by atoms with Crippen molar-refractivity contribution in [2.24, 2.45) is 0 Å². The second-order valence-electron chi connectivity index (χ2n) is 5.91. The summed E-state index contributed by atoms with van der Waals surface area (Å²) >= 11 is 3.36. The molecule has 0 heterocycles. The zero-order valence-corrected chi connectivity index (χ0v) is 16.8. The van der Waals surface area contributed by atoms with Gasteiger partial charge in [0.05, 0.1) is 10.6 Å². The summed E-state index contributed by atoms with van der Waals surface area (Å²) in [5.74, 6) is -0.326. The fraction of sp³-hybridized carbons (Fsp3) is 0.0500. The molecule has 0 radical (unpaired) electrons. The third kappa shape index (κ3) is 4.75. The fourth-order valence-electron chi connectivity index (χ4n) is 2.45. The summed E-state index contributed by atoms with van der Waals surface area (Å²) in [4.78, 5) is 12.7. The predicted octanol–water partition coefficient (Wildman–Crippen LogP) is 4.81. The number of carbonyl (C=O) groups excluding carboxylic acids is 1. The van der Waals surface area contributed by atoms with E-state index in [4.69, 9.17) is 0 Å². The van der Waals surface area contributed by atoms with Crippen molar-refractivity contribution in [2.75, 3.05) is 10.0 Å². The summed E-state index contributed by atoms with van der Waals surface area (Å²) in [6, 6.07) is 20.2. The molecule has 0 bridgehead atoms. The number of anilines is 2. The van der Waals surface area contributed by atoms with Crippen molar-refractivity contribution in [1.82, 2.24) is 0 Å². The second-order valence-corrected chi connectivity index (χ2v) is 8.51. The molecule has 0 unspecified atom stereocenters. The van der Waals surface area contributed by atoms with Crippen molar-refractivity contribution in [3.8, 4) is 0 Å². The Bertz CT molecular complexity index is 1080. The van der Waals surface area contributed by atoms with Gasteiger partial charge in [-0.1, -0.05) is 46.3 Å². The van der Waals surface area contributed by atoms with E-state index >= 15 is 0 Å². The predicted molar refractivity (Wildman–Crippen MR) is 111 cm³/mol. The average Bonchev–Trinajstić information content (AvgIpc) is 2.64. The Morgan fingerprint density at radius 2 is 1.67 bits per heavy atom. The van der Waals surface area contributed by atoms with Crippen LogP contribution in [0.1, 0.15) is 15.9 Å². The zero-order chi connectivity index (χ0) is 19.4. The van der Waals surface area contributed by atoms with Crippen molar-refractivity contribution in [3.05, 3.63) is 88.4 Å². The number of aryl methyl sites for hydroxylation is 1. The topological polar surface area (TPSA) is 75.3 Å². The highest BCUT2D eigenvalue weighted by Crippen LogP contribution is 2.22. The molecule has 3 aromatic rings. The number of amides is 1. The summed E-state index contributed by atoms with van der Waals surface area (Å²) in [7, 11) is -3.73. The molecular formula is C20H17BrN2O3S. The van der Waals surface area contributed by atoms with Crippen LogP contribution in [0.2, 0.25) is 0 Å². The van der Waals surface area contributed by atoms with E-state index < -0.39 is 10.0 Å². The van der Waals surface area contributed by atoms with E-state index in [1.54, 1.807) is 49.4 Å². The molecule has 0 atom stereocenters. The number of sulfonamides is 1. The minimum Gasteiger partial charge on any atom is -0.322 e. The SMILES string of the molecule is Cc1ccc(C(=O)Nc2cccc(Br)c2)cc1NS(=O)(=O)c1ccccc1. The molecule has 1 amide bonds. The van der Waals surface area contributed by atoms with E-state index in [0.29, 0.717) is 22.5 Å². The Morgan fingerprint density at radius 3 is 2.37 bits per heavy atom. The van der Waals surface area contributed by atoms with Crippen molar-refractivity contribution in [1.29, 1.82) is 0 Å². The standard InChI is InChI=1S/C20H17BrN2O3S/c1-14-10-11-15(20(24)22-17-7-5-6-16(21)13-17)12-19(14)23-27(25,26)18-8-3-2-4-9-18/h2-13,23H,1H3,(H,22,24). The lowest BCUT2D eigenvalue weighted by atomic mass is 10.1. The maximum absolute atomic E-state index is 12.5. The number of halogens is 1. The first-order valence-electron chi connectivity index (χ1n) is 8.10. The third-order valence-corrected chi connectivity index (χ3v) is 5.75. The Balaban J connectivity index is 1.85. The summed E-state index contributed by atoms with van der Waals surface area (Å²) < 4.78 is 28.5. The van der Waals surface area contributed by atoms with E-state index in [2.05, 4.69) is 26.0 Å². The highest BCUT2D eigenvalue weighted by molar-refractivity contribution is 9.10. The summed E-state index contributed by atoms with van der Waals surface area (Å²) in [5, 5.41) is 2.79. The Hall–Kier alpha value is -2.64. The smallest absolute Gasteiger partial charge is 0.261 e. The van der Waals surface area contributed by atoms with Crippen molar-refractivity contribution in [3.63, 3.8) is 0 Å². The molecular weight excluding hydrogens is 428 g/mol. The van der Waals surface area contributed by atoms with Crippen LogP contribution in [0.4, 0.5) is 11.4 Å². The first-order chi connectivity index (χ1) is 12.8. The number of carbonyl (C=O) groups is 1. The zero-order valence-electron chi connectivity index (χ0n) is 14.4. The van der Waals surface area contributed by atoms with Crippen LogP contribution < -0.4 is 10.0 Å². The van der Waals surface area contributed by atoms with Gasteiger partial charge in [0, 0.05) is 15.7 Å². The molecule has 0 fully saturated rings. The highest BCUT2D eigenvalue weighted by atomic mass is 79.9. The van der Waals surface area contributed by atoms with E-state index in [-0.39, 0.29) is 10.8 Å². The van der Waals surface area contributed by atoms with Gasteiger partial charge in [-0.2, -0.15) is 0 Å². The molecule has 27 heavy (non-hydrogen) atoms. The van der Waals surface area contributed by atoms with Crippen molar-refractivity contribution < 1.29 is 13.2 Å². The summed E-state index contributed by atoms with van der Waals surface area (Å²) in [5.41, 5.74) is 2.07. The van der Waals surface area contributed by atoms with Crippen LogP contribution in [0.15, 0.2) is 82.2 Å². The van der Waals surface area contributed by atoms with Crippen molar-refractivity contribution >= 4 is 43.2 Å². The van der Waals surface area contributed by atoms with Gasteiger partial charge in [-0.15, -0.1) is 0 Å². The highest BCUT2D eigenvalue weighted by Gasteiger charge is 2.16. The summed E-state index contributed by atoms with van der Waals surface area (Å²) in [6.45, 7) is 1.78. The molecule has 7 heteroatoms. The maximum atomic E-state index is 12.5. The van der Waals surface area contributed by atoms with Gasteiger partial charge in [-0.05, 0) is 55.0 Å². The Morgan fingerprint density at radius 1 is 0.926 bits per heavy atom. The third-order valence-electron chi connectivity index (χ3n) is 3.88. The van der Waals surface area contributed by atoms with Gasteiger partial charge in [-0.3, -0.25) is 9.52 Å². The van der Waals surface area contributed by atoms with E-state index in [1.165, 1.54) is 18.2 Å². The van der Waals surface area contributed by atoms with Gasteiger partial charge in [0.25, 0.3) is 15.9 Å². The lowest BCUT2D eigenvalue weighted by Crippen LogP contribution is -2.16. The maximum Gasteiger partial charge on any atom is 0.261 e. The molecule has 138 valence electrons. The molecule has 3 aromatic carbocycles. The molecule has 0 aromatic heterocycles. The first kappa shape index (κ1) is 19.1. The molecule has 0 spiro atoms. The van der Waals surface area contributed by atoms with Crippen LogP contribution in [0.5, 0.6) is 0 Å². The van der Waals surface area contributed by atoms with E-state index in [0.717, 1.165) is 4.47 Å². The van der Waals surface area contributed by atoms with Crippen LogP contribution in [0, 0.1) is 6.92 Å². The van der Waals surface area contributed by atoms with Crippen LogP contribution in [-0.2, 0) is 10.0 Å². The first-order valence-corrected chi connectivity index (χ1v) is 10.4. The summed E-state index contributed by atoms with van der Waals surface area (Å²) in [6.07, 6.45) is 0. The van der Waals surface area contributed by atoms with Gasteiger partial charge in [0.2, 0.25) is 0 Å². The molecule has 2 N–H and O–H groups in total. The molecule has 0 aliphatic heterocycles. The lowest BCUT2D eigenvalue weighted by Gasteiger charge is -2.12. The molecule has 5 nitrogen and oxygen atoms in total. The minimum absolute atomic E-state index is 0.161. The normalized spacial score (nSPS) is 11.0. The molecule has 0 saturated heterocycles. The molecule has 0 aliphatic carbocycles. The van der Waals surface area contributed by atoms with Crippen LogP contribution >= 0.6 is 15.9 Å². The number of hydrogen-bond donors (Lipinski definition) is 2. The average molecular weight is 445 g/mol. The number of benzene rings is 3. The van der Waals surface area contributed by atoms with Gasteiger partial charge < -0.3 is 5.32 Å². The molecule has 0 aliphatic rings. The van der Waals surface area contributed by atoms with Crippen LogP contribution in [-0.4, -0.2) is 14.3 Å². The van der Waals surface area contributed by atoms with Crippen LogP contribution in [0.25, 0.3) is 0 Å². The number of nitrogens with one attached hydrogen (secondary N) is 2. The number of rotatable bonds is 5. The quantitative estimate of drug-likeness (QED) is 0.592. The van der Waals surface area contributed by atoms with Crippen LogP contribution in [0.3, 0.4) is 0 Å². The van der Waals surface area contributed by atoms with Gasteiger partial charge in [-0.25, -0.2) is 8.42 Å². The van der Waals surface area contributed by atoms with Gasteiger partial charge in [0.15, 0.2) is 0 Å².